The SMILES string of the molecule is CC(=O)C1=C(O)c2c(cccc2[N+](=O)[O-])C1=Nc1ccccc1C. The number of carbonyl (C=O) groups is 1. The van der Waals surface area contributed by atoms with Crippen LogP contribution < -0.4 is 0 Å². The highest BCUT2D eigenvalue weighted by atomic mass is 16.6. The Morgan fingerprint density at radius 1 is 1.17 bits per heavy atom. The molecule has 1 aliphatic rings. The van der Waals surface area contributed by atoms with Crippen molar-refractivity contribution >= 4 is 28.6 Å². The zero-order chi connectivity index (χ0) is 17.4. The van der Waals surface area contributed by atoms with Gasteiger partial charge in [0.1, 0.15) is 11.3 Å². The van der Waals surface area contributed by atoms with Gasteiger partial charge in [0.15, 0.2) is 5.78 Å². The van der Waals surface area contributed by atoms with Gasteiger partial charge < -0.3 is 5.11 Å². The summed E-state index contributed by atoms with van der Waals surface area (Å²) in [5.41, 5.74) is 1.97. The van der Waals surface area contributed by atoms with E-state index >= 15 is 0 Å². The lowest BCUT2D eigenvalue weighted by molar-refractivity contribution is -0.385. The van der Waals surface area contributed by atoms with Crippen LogP contribution in [0.4, 0.5) is 11.4 Å². The van der Waals surface area contributed by atoms with E-state index in [0.29, 0.717) is 11.3 Å². The molecule has 0 spiro atoms. The van der Waals surface area contributed by atoms with Gasteiger partial charge in [0, 0.05) is 11.6 Å². The van der Waals surface area contributed by atoms with Crippen LogP contribution in [0.15, 0.2) is 53.0 Å². The fraction of sp³-hybridized carbons (Fsp3) is 0.111. The highest BCUT2D eigenvalue weighted by Crippen LogP contribution is 2.39. The number of rotatable bonds is 3. The fourth-order valence-electron chi connectivity index (χ4n) is 2.77. The summed E-state index contributed by atoms with van der Waals surface area (Å²) >= 11 is 0. The third-order valence-corrected chi connectivity index (χ3v) is 3.90. The molecule has 0 saturated heterocycles. The molecule has 0 fully saturated rings. The number of nitrogens with zero attached hydrogens (tertiary/aromatic N) is 2. The predicted molar refractivity (Wildman–Crippen MR) is 90.7 cm³/mol. The number of aliphatic imine (C=N–C) groups is 1. The monoisotopic (exact) mass is 322 g/mol. The van der Waals surface area contributed by atoms with Crippen LogP contribution in [0.5, 0.6) is 0 Å². The topological polar surface area (TPSA) is 92.8 Å². The minimum absolute atomic E-state index is 0.00236. The van der Waals surface area contributed by atoms with E-state index in [4.69, 9.17) is 0 Å². The molecular formula is C18H14N2O4. The van der Waals surface area contributed by atoms with E-state index in [0.717, 1.165) is 5.56 Å². The number of aliphatic hydroxyl groups excluding tert-OH is 1. The Kier molecular flexibility index (Phi) is 3.73. The van der Waals surface area contributed by atoms with Crippen LogP contribution in [0.3, 0.4) is 0 Å². The average molecular weight is 322 g/mol. The lowest BCUT2D eigenvalue weighted by atomic mass is 10.0. The molecule has 1 aliphatic carbocycles. The van der Waals surface area contributed by atoms with Crippen molar-refractivity contribution in [2.24, 2.45) is 4.99 Å². The smallest absolute Gasteiger partial charge is 0.281 e. The molecule has 0 aliphatic heterocycles. The first-order valence-electron chi connectivity index (χ1n) is 7.29. The van der Waals surface area contributed by atoms with Crippen LogP contribution in [-0.2, 0) is 4.79 Å². The number of benzene rings is 2. The van der Waals surface area contributed by atoms with Crippen molar-refractivity contribution in [2.75, 3.05) is 0 Å². The number of para-hydroxylation sites is 1. The third-order valence-electron chi connectivity index (χ3n) is 3.90. The van der Waals surface area contributed by atoms with E-state index in [1.807, 2.05) is 25.1 Å². The number of allylic oxidation sites excluding steroid dienone is 1. The van der Waals surface area contributed by atoms with Crippen LogP contribution >= 0.6 is 0 Å². The number of fused-ring (bicyclic) bond motifs is 1. The minimum Gasteiger partial charge on any atom is -0.506 e. The number of ketones is 1. The van der Waals surface area contributed by atoms with Gasteiger partial charge in [-0.2, -0.15) is 0 Å². The maximum absolute atomic E-state index is 12.0. The Morgan fingerprint density at radius 2 is 1.88 bits per heavy atom. The number of nitro groups is 1. The minimum atomic E-state index is -0.580. The number of Topliss-reactive ketones (excluding diaryl/α,β-unsaturated/α-hetero) is 1. The van der Waals surface area contributed by atoms with Gasteiger partial charge in [-0.1, -0.05) is 30.3 Å². The number of aryl methyl sites for hydroxylation is 1. The van der Waals surface area contributed by atoms with Crippen molar-refractivity contribution < 1.29 is 14.8 Å². The summed E-state index contributed by atoms with van der Waals surface area (Å²) in [7, 11) is 0. The molecule has 24 heavy (non-hydrogen) atoms. The number of nitro benzene ring substituents is 1. The molecule has 0 atom stereocenters. The molecule has 0 radical (unpaired) electrons. The first-order valence-corrected chi connectivity index (χ1v) is 7.29. The summed E-state index contributed by atoms with van der Waals surface area (Å²) in [6.07, 6.45) is 0. The zero-order valence-corrected chi connectivity index (χ0v) is 13.1. The summed E-state index contributed by atoms with van der Waals surface area (Å²) in [4.78, 5) is 27.2. The van der Waals surface area contributed by atoms with Crippen LogP contribution in [0.1, 0.15) is 23.6 Å². The highest BCUT2D eigenvalue weighted by molar-refractivity contribution is 6.36. The Bertz CT molecular complexity index is 942. The lowest BCUT2D eigenvalue weighted by Crippen LogP contribution is -2.08. The number of hydrogen-bond acceptors (Lipinski definition) is 5. The number of hydrogen-bond donors (Lipinski definition) is 1. The standard InChI is InChI=1S/C18H14N2O4/c1-10-6-3-4-8-13(10)19-17-12-7-5-9-14(20(23)24)16(12)18(22)15(17)11(2)21/h3-9,22H,1-2H3. The third kappa shape index (κ3) is 2.38. The zero-order valence-electron chi connectivity index (χ0n) is 13.1. The first-order chi connectivity index (χ1) is 11.4. The second-order valence-electron chi connectivity index (χ2n) is 5.48. The van der Waals surface area contributed by atoms with E-state index in [1.54, 1.807) is 12.1 Å². The summed E-state index contributed by atoms with van der Waals surface area (Å²) in [6, 6.07) is 11.8. The predicted octanol–water partition coefficient (Wildman–Crippen LogP) is 3.90. The van der Waals surface area contributed by atoms with Crippen LogP contribution in [0, 0.1) is 17.0 Å². The molecular weight excluding hydrogens is 308 g/mol. The Morgan fingerprint density at radius 3 is 2.50 bits per heavy atom. The van der Waals surface area contributed by atoms with Crippen LogP contribution in [0.2, 0.25) is 0 Å². The molecule has 0 saturated carbocycles. The van der Waals surface area contributed by atoms with E-state index in [9.17, 15) is 20.0 Å². The number of aliphatic hydroxyl groups is 1. The molecule has 2 aromatic carbocycles. The van der Waals surface area contributed by atoms with Gasteiger partial charge in [-0.05, 0) is 25.5 Å². The van der Waals surface area contributed by atoms with Crippen LogP contribution in [-0.4, -0.2) is 21.5 Å². The van der Waals surface area contributed by atoms with Gasteiger partial charge >= 0.3 is 0 Å². The molecule has 0 bridgehead atoms. The molecule has 2 aromatic rings. The van der Waals surface area contributed by atoms with Gasteiger partial charge in [0.05, 0.1) is 21.9 Å². The lowest BCUT2D eigenvalue weighted by Gasteiger charge is -2.05. The van der Waals surface area contributed by atoms with E-state index < -0.39 is 16.5 Å². The molecule has 6 heteroatoms. The maximum Gasteiger partial charge on any atom is 0.281 e. The molecule has 0 heterocycles. The van der Waals surface area contributed by atoms with Crippen molar-refractivity contribution in [3.05, 3.63) is 74.8 Å². The second kappa shape index (κ2) is 5.73. The molecule has 0 amide bonds. The summed E-state index contributed by atoms with van der Waals surface area (Å²) in [5.74, 6) is -0.789. The quantitative estimate of drug-likeness (QED) is 0.685. The largest absolute Gasteiger partial charge is 0.506 e. The van der Waals surface area contributed by atoms with Crippen molar-refractivity contribution in [2.45, 2.75) is 13.8 Å². The van der Waals surface area contributed by atoms with Crippen molar-refractivity contribution in [3.63, 3.8) is 0 Å². The Labute approximate surface area is 137 Å². The van der Waals surface area contributed by atoms with Gasteiger partial charge in [-0.3, -0.25) is 14.9 Å². The summed E-state index contributed by atoms with van der Waals surface area (Å²) < 4.78 is 0. The van der Waals surface area contributed by atoms with Crippen molar-refractivity contribution in [1.29, 1.82) is 0 Å². The highest BCUT2D eigenvalue weighted by Gasteiger charge is 2.36. The molecule has 120 valence electrons. The molecule has 6 nitrogen and oxygen atoms in total. The maximum atomic E-state index is 12.0. The van der Waals surface area contributed by atoms with Crippen molar-refractivity contribution in [3.8, 4) is 0 Å². The van der Waals surface area contributed by atoms with E-state index in [-0.39, 0.29) is 22.5 Å². The first kappa shape index (κ1) is 15.6. The molecule has 0 aromatic heterocycles. The second-order valence-corrected chi connectivity index (χ2v) is 5.48. The molecule has 3 rings (SSSR count). The fourth-order valence-corrected chi connectivity index (χ4v) is 2.77. The van der Waals surface area contributed by atoms with Gasteiger partial charge in [-0.15, -0.1) is 0 Å². The number of carbonyl (C=O) groups excluding carboxylic acids is 1. The molecule has 1 N–H and O–H groups in total. The normalized spacial score (nSPS) is 14.8. The van der Waals surface area contributed by atoms with Gasteiger partial charge in [0.25, 0.3) is 5.69 Å². The van der Waals surface area contributed by atoms with E-state index in [1.165, 1.54) is 19.1 Å². The summed E-state index contributed by atoms with van der Waals surface area (Å²) in [5, 5.41) is 21.7. The van der Waals surface area contributed by atoms with Gasteiger partial charge in [-0.25, -0.2) is 4.99 Å². The van der Waals surface area contributed by atoms with E-state index in [2.05, 4.69) is 4.99 Å². The van der Waals surface area contributed by atoms with Crippen LogP contribution in [0.25, 0.3) is 5.76 Å². The Hall–Kier alpha value is -3.28. The summed E-state index contributed by atoms with van der Waals surface area (Å²) in [6.45, 7) is 3.18. The Balaban J connectivity index is 2.33. The van der Waals surface area contributed by atoms with Crippen molar-refractivity contribution in [1.82, 2.24) is 0 Å². The van der Waals surface area contributed by atoms with Gasteiger partial charge in [0.2, 0.25) is 0 Å². The molecule has 0 unspecified atom stereocenters. The average Bonchev–Trinajstić information content (AvgIpc) is 2.82.